The molecular weight excluding hydrogens is 238 g/mol. The van der Waals surface area contributed by atoms with Gasteiger partial charge in [0.05, 0.1) is 6.61 Å². The van der Waals surface area contributed by atoms with Gasteiger partial charge in [0.1, 0.15) is 5.69 Å². The molecule has 1 aromatic heterocycles. The molecule has 88 valence electrons. The maximum Gasteiger partial charge on any atom is 0.294 e. The first-order valence-electron chi connectivity index (χ1n) is 4.93. The first-order valence-corrected chi connectivity index (χ1v) is 5.81. The highest BCUT2D eigenvalue weighted by Gasteiger charge is 2.09. The molecule has 1 amide bonds. The minimum absolute atomic E-state index is 0.264. The summed E-state index contributed by atoms with van der Waals surface area (Å²) in [5.74, 6) is -0.395. The van der Waals surface area contributed by atoms with Gasteiger partial charge in [0, 0.05) is 5.38 Å². The zero-order valence-corrected chi connectivity index (χ0v) is 9.74. The molecule has 0 saturated carbocycles. The molecule has 0 spiro atoms. The molecule has 5 nitrogen and oxygen atoms in total. The van der Waals surface area contributed by atoms with E-state index in [0.29, 0.717) is 11.7 Å². The minimum atomic E-state index is -0.395. The highest BCUT2D eigenvalue weighted by Crippen LogP contribution is 2.10. The van der Waals surface area contributed by atoms with Crippen LogP contribution in [0.25, 0.3) is 0 Å². The quantitative estimate of drug-likeness (QED) is 0.807. The third kappa shape index (κ3) is 3.27. The predicted molar refractivity (Wildman–Crippen MR) is 65.2 cm³/mol. The van der Waals surface area contributed by atoms with Crippen LogP contribution in [0.4, 0.5) is 5.13 Å². The summed E-state index contributed by atoms with van der Waals surface area (Å²) in [6, 6.07) is 9.55. The van der Waals surface area contributed by atoms with E-state index in [0.717, 1.165) is 5.56 Å². The summed E-state index contributed by atoms with van der Waals surface area (Å²) < 4.78 is 0. The Kier molecular flexibility index (Phi) is 3.69. The summed E-state index contributed by atoms with van der Waals surface area (Å²) >= 11 is 1.21. The molecular formula is C11H11N3O2S. The Labute approximate surface area is 102 Å². The van der Waals surface area contributed by atoms with E-state index in [4.69, 9.17) is 10.6 Å². The van der Waals surface area contributed by atoms with Gasteiger partial charge in [-0.15, -0.1) is 11.3 Å². The normalized spacial score (nSPS) is 10.1. The SMILES string of the molecule is Nc1nc(C(=O)NOCc2ccccc2)cs1. The molecule has 17 heavy (non-hydrogen) atoms. The van der Waals surface area contributed by atoms with E-state index in [2.05, 4.69) is 10.5 Å². The van der Waals surface area contributed by atoms with E-state index in [1.54, 1.807) is 5.38 Å². The lowest BCUT2D eigenvalue weighted by molar-refractivity contribution is 0.0230. The number of hydrogen-bond acceptors (Lipinski definition) is 5. The van der Waals surface area contributed by atoms with E-state index >= 15 is 0 Å². The highest BCUT2D eigenvalue weighted by molar-refractivity contribution is 7.13. The van der Waals surface area contributed by atoms with Gasteiger partial charge in [-0.2, -0.15) is 0 Å². The molecule has 0 bridgehead atoms. The van der Waals surface area contributed by atoms with Crippen molar-refractivity contribution in [3.8, 4) is 0 Å². The number of anilines is 1. The maximum absolute atomic E-state index is 11.5. The number of nitrogens with one attached hydrogen (secondary N) is 1. The monoisotopic (exact) mass is 249 g/mol. The topological polar surface area (TPSA) is 77.2 Å². The first kappa shape index (κ1) is 11.6. The lowest BCUT2D eigenvalue weighted by Gasteiger charge is -2.03. The van der Waals surface area contributed by atoms with E-state index in [-0.39, 0.29) is 5.69 Å². The van der Waals surface area contributed by atoms with Crippen molar-refractivity contribution in [2.45, 2.75) is 6.61 Å². The molecule has 2 aromatic rings. The smallest absolute Gasteiger partial charge is 0.294 e. The first-order chi connectivity index (χ1) is 8.25. The van der Waals surface area contributed by atoms with Crippen LogP contribution in [0.3, 0.4) is 0 Å². The van der Waals surface area contributed by atoms with Gasteiger partial charge in [-0.1, -0.05) is 30.3 Å². The van der Waals surface area contributed by atoms with Gasteiger partial charge in [0.2, 0.25) is 0 Å². The van der Waals surface area contributed by atoms with Crippen LogP contribution in [0.15, 0.2) is 35.7 Å². The number of carbonyl (C=O) groups is 1. The van der Waals surface area contributed by atoms with Crippen molar-refractivity contribution in [2.75, 3.05) is 5.73 Å². The summed E-state index contributed by atoms with van der Waals surface area (Å²) in [6.07, 6.45) is 0. The summed E-state index contributed by atoms with van der Waals surface area (Å²) in [6.45, 7) is 0.312. The van der Waals surface area contributed by atoms with Crippen LogP contribution in [-0.4, -0.2) is 10.9 Å². The van der Waals surface area contributed by atoms with E-state index in [9.17, 15) is 4.79 Å². The average Bonchev–Trinajstić information content (AvgIpc) is 2.77. The van der Waals surface area contributed by atoms with Gasteiger partial charge in [-0.25, -0.2) is 10.5 Å². The van der Waals surface area contributed by atoms with Crippen molar-refractivity contribution in [2.24, 2.45) is 0 Å². The van der Waals surface area contributed by atoms with Crippen molar-refractivity contribution in [3.05, 3.63) is 47.0 Å². The summed E-state index contributed by atoms with van der Waals surface area (Å²) in [5, 5.41) is 1.94. The van der Waals surface area contributed by atoms with Crippen molar-refractivity contribution in [1.29, 1.82) is 0 Å². The van der Waals surface area contributed by atoms with Crippen LogP contribution < -0.4 is 11.2 Å². The molecule has 0 aliphatic rings. The summed E-state index contributed by atoms with van der Waals surface area (Å²) in [5.41, 5.74) is 8.97. The van der Waals surface area contributed by atoms with Gasteiger partial charge in [-0.05, 0) is 5.56 Å². The molecule has 3 N–H and O–H groups in total. The Hall–Kier alpha value is -1.92. The Morgan fingerprint density at radius 1 is 1.41 bits per heavy atom. The lowest BCUT2D eigenvalue weighted by Crippen LogP contribution is -2.23. The van der Waals surface area contributed by atoms with Gasteiger partial charge in [0.15, 0.2) is 5.13 Å². The molecule has 2 rings (SSSR count). The van der Waals surface area contributed by atoms with Crippen LogP contribution in [0.1, 0.15) is 16.1 Å². The number of benzene rings is 1. The van der Waals surface area contributed by atoms with Crippen molar-refractivity contribution >= 4 is 22.4 Å². The Morgan fingerprint density at radius 3 is 2.82 bits per heavy atom. The number of carbonyl (C=O) groups excluding carboxylic acids is 1. The summed E-state index contributed by atoms with van der Waals surface area (Å²) in [7, 11) is 0. The highest BCUT2D eigenvalue weighted by atomic mass is 32.1. The number of rotatable bonds is 4. The van der Waals surface area contributed by atoms with Gasteiger partial charge >= 0.3 is 0 Å². The average molecular weight is 249 g/mol. The summed E-state index contributed by atoms with van der Waals surface area (Å²) in [4.78, 5) is 20.4. The number of hydrogen-bond donors (Lipinski definition) is 2. The Balaban J connectivity index is 1.81. The molecule has 0 atom stereocenters. The van der Waals surface area contributed by atoms with Crippen molar-refractivity contribution < 1.29 is 9.63 Å². The number of nitrogens with zero attached hydrogens (tertiary/aromatic N) is 1. The number of nitrogens with two attached hydrogens (primary N) is 1. The number of nitrogen functional groups attached to an aromatic ring is 1. The maximum atomic E-state index is 11.5. The van der Waals surface area contributed by atoms with Crippen LogP contribution in [-0.2, 0) is 11.4 Å². The molecule has 0 radical (unpaired) electrons. The number of aromatic nitrogens is 1. The van der Waals surface area contributed by atoms with E-state index in [1.807, 2.05) is 30.3 Å². The zero-order chi connectivity index (χ0) is 12.1. The predicted octanol–water partition coefficient (Wildman–Crippen LogP) is 1.59. The molecule has 0 saturated heterocycles. The Morgan fingerprint density at radius 2 is 2.18 bits per heavy atom. The van der Waals surface area contributed by atoms with Gasteiger partial charge in [-0.3, -0.25) is 9.63 Å². The standard InChI is InChI=1S/C11H11N3O2S/c12-11-13-9(7-17-11)10(15)14-16-6-8-4-2-1-3-5-8/h1-5,7H,6H2,(H2,12,13)(H,14,15). The number of amides is 1. The second kappa shape index (κ2) is 5.42. The van der Waals surface area contributed by atoms with Crippen molar-refractivity contribution in [3.63, 3.8) is 0 Å². The zero-order valence-electron chi connectivity index (χ0n) is 8.92. The van der Waals surface area contributed by atoms with Crippen LogP contribution >= 0.6 is 11.3 Å². The molecule has 0 aliphatic carbocycles. The fourth-order valence-electron chi connectivity index (χ4n) is 1.20. The largest absolute Gasteiger partial charge is 0.375 e. The van der Waals surface area contributed by atoms with Gasteiger partial charge < -0.3 is 5.73 Å². The Bertz CT molecular complexity index is 498. The van der Waals surface area contributed by atoms with Crippen LogP contribution in [0, 0.1) is 0 Å². The molecule has 6 heteroatoms. The lowest BCUT2D eigenvalue weighted by atomic mass is 10.2. The second-order valence-electron chi connectivity index (χ2n) is 3.28. The molecule has 0 unspecified atom stereocenters. The fraction of sp³-hybridized carbons (Fsp3) is 0.0909. The van der Waals surface area contributed by atoms with Crippen LogP contribution in [0.5, 0.6) is 0 Å². The van der Waals surface area contributed by atoms with E-state index in [1.165, 1.54) is 11.3 Å². The minimum Gasteiger partial charge on any atom is -0.375 e. The van der Waals surface area contributed by atoms with Gasteiger partial charge in [0.25, 0.3) is 5.91 Å². The van der Waals surface area contributed by atoms with Crippen LogP contribution in [0.2, 0.25) is 0 Å². The van der Waals surface area contributed by atoms with E-state index < -0.39 is 5.91 Å². The fourth-order valence-corrected chi connectivity index (χ4v) is 1.75. The third-order valence-corrected chi connectivity index (χ3v) is 2.68. The number of hydroxylamine groups is 1. The second-order valence-corrected chi connectivity index (χ2v) is 4.17. The molecule has 1 aromatic carbocycles. The molecule has 1 heterocycles. The van der Waals surface area contributed by atoms with Crippen molar-refractivity contribution in [1.82, 2.24) is 10.5 Å². The number of thiazole rings is 1. The third-order valence-electron chi connectivity index (χ3n) is 2.00. The molecule has 0 aliphatic heterocycles. The molecule has 0 fully saturated rings.